The number of benzene rings is 2. The van der Waals surface area contributed by atoms with Crippen molar-refractivity contribution in [3.05, 3.63) is 77.1 Å². The van der Waals surface area contributed by atoms with Crippen LogP contribution in [-0.4, -0.2) is 56.1 Å². The zero-order valence-corrected chi connectivity index (χ0v) is 18.9. The molecule has 0 saturated heterocycles. The number of methoxy groups -OCH3 is 1. The number of carbonyl (C=O) groups excluding carboxylic acids is 3. The van der Waals surface area contributed by atoms with Crippen LogP contribution in [0.3, 0.4) is 0 Å². The van der Waals surface area contributed by atoms with Crippen molar-refractivity contribution in [2.75, 3.05) is 19.0 Å². The number of para-hydroxylation sites is 2. The minimum absolute atomic E-state index is 0.0294. The molecule has 5 rings (SSSR count). The number of esters is 1. The third-order valence-corrected chi connectivity index (χ3v) is 5.55. The van der Waals surface area contributed by atoms with Crippen molar-refractivity contribution in [3.63, 3.8) is 0 Å². The van der Waals surface area contributed by atoms with E-state index in [1.54, 1.807) is 31.2 Å². The first-order valence-electron chi connectivity index (χ1n) is 10.7. The van der Waals surface area contributed by atoms with Gasteiger partial charge in [-0.05, 0) is 31.2 Å². The maximum atomic E-state index is 12.5. The number of rotatable bonds is 7. The van der Waals surface area contributed by atoms with E-state index in [-0.39, 0.29) is 24.7 Å². The van der Waals surface area contributed by atoms with Crippen LogP contribution in [0.25, 0.3) is 11.0 Å². The second-order valence-electron chi connectivity index (χ2n) is 7.67. The molecular formula is C24H20N6O5. The highest BCUT2D eigenvalue weighted by Crippen LogP contribution is 2.24. The van der Waals surface area contributed by atoms with Gasteiger partial charge in [-0.25, -0.2) is 19.7 Å². The molecule has 1 N–H and O–H groups in total. The second-order valence-corrected chi connectivity index (χ2v) is 7.67. The lowest BCUT2D eigenvalue weighted by molar-refractivity contribution is -0.0932. The molecule has 0 unspecified atom stereocenters. The SMILES string of the molecule is COC(=O)c1cnc(Nc2nc3ccccc3n2CCON2C(=O)c3ccccc3C2=O)nc1C. The van der Waals surface area contributed by atoms with Crippen molar-refractivity contribution in [3.8, 4) is 0 Å². The van der Waals surface area contributed by atoms with Gasteiger partial charge in [-0.15, -0.1) is 5.06 Å². The van der Waals surface area contributed by atoms with Crippen molar-refractivity contribution in [1.29, 1.82) is 0 Å². The Hall–Kier alpha value is -4.64. The summed E-state index contributed by atoms with van der Waals surface area (Å²) in [5.41, 5.74) is 2.88. The van der Waals surface area contributed by atoms with Gasteiger partial charge in [-0.2, -0.15) is 0 Å². The lowest BCUT2D eigenvalue weighted by atomic mass is 10.1. The topological polar surface area (TPSA) is 129 Å². The molecule has 1 aliphatic rings. The molecule has 4 aromatic rings. The summed E-state index contributed by atoms with van der Waals surface area (Å²) in [6, 6.07) is 14.1. The van der Waals surface area contributed by atoms with Gasteiger partial charge in [0.1, 0.15) is 0 Å². The standard InChI is InChI=1S/C24H20N6O5/c1-14-17(22(33)34-2)13-25-23(26-14)28-24-27-18-9-5-6-10-19(18)29(24)11-12-35-30-20(31)15-7-3-4-8-16(15)21(30)32/h3-10,13H,11-12H2,1-2H3,(H,25,26,27,28). The Morgan fingerprint density at radius 1 is 1.00 bits per heavy atom. The van der Waals surface area contributed by atoms with Crippen molar-refractivity contribution in [2.45, 2.75) is 13.5 Å². The van der Waals surface area contributed by atoms with E-state index in [0.29, 0.717) is 22.8 Å². The van der Waals surface area contributed by atoms with Gasteiger partial charge in [0.2, 0.25) is 11.9 Å². The number of ether oxygens (including phenoxy) is 1. The van der Waals surface area contributed by atoms with E-state index in [9.17, 15) is 14.4 Å². The molecule has 2 aromatic heterocycles. The fourth-order valence-corrected chi connectivity index (χ4v) is 3.84. The number of hydrogen-bond donors (Lipinski definition) is 1. The predicted octanol–water partition coefficient (Wildman–Crippen LogP) is 2.89. The lowest BCUT2D eigenvalue weighted by Crippen LogP contribution is -2.31. The Kier molecular flexibility index (Phi) is 5.67. The first kappa shape index (κ1) is 22.2. The number of hydrogen-bond acceptors (Lipinski definition) is 9. The monoisotopic (exact) mass is 472 g/mol. The molecular weight excluding hydrogens is 452 g/mol. The number of anilines is 2. The second kappa shape index (κ2) is 8.95. The van der Waals surface area contributed by atoms with Gasteiger partial charge in [0.05, 0.1) is 53.7 Å². The number of imidazole rings is 1. The highest BCUT2D eigenvalue weighted by Gasteiger charge is 2.36. The molecule has 3 heterocycles. The molecule has 2 amide bonds. The first-order chi connectivity index (χ1) is 17.0. The van der Waals surface area contributed by atoms with Gasteiger partial charge in [0, 0.05) is 6.20 Å². The van der Waals surface area contributed by atoms with Crippen molar-refractivity contribution < 1.29 is 24.0 Å². The van der Waals surface area contributed by atoms with Gasteiger partial charge in [0.25, 0.3) is 11.8 Å². The van der Waals surface area contributed by atoms with Crippen LogP contribution in [-0.2, 0) is 16.1 Å². The maximum Gasteiger partial charge on any atom is 0.341 e. The fraction of sp³-hybridized carbons (Fsp3) is 0.167. The third-order valence-electron chi connectivity index (χ3n) is 5.55. The molecule has 176 valence electrons. The quantitative estimate of drug-likeness (QED) is 0.319. The van der Waals surface area contributed by atoms with E-state index >= 15 is 0 Å². The van der Waals surface area contributed by atoms with Crippen molar-refractivity contribution in [2.24, 2.45) is 0 Å². The van der Waals surface area contributed by atoms with E-state index < -0.39 is 17.8 Å². The summed E-state index contributed by atoms with van der Waals surface area (Å²) in [5.74, 6) is -0.829. The number of nitrogens with one attached hydrogen (secondary N) is 1. The Bertz CT molecular complexity index is 1450. The molecule has 0 aliphatic carbocycles. The normalized spacial score (nSPS) is 12.8. The van der Waals surface area contributed by atoms with E-state index in [4.69, 9.17) is 9.57 Å². The highest BCUT2D eigenvalue weighted by atomic mass is 16.7. The number of amides is 2. The fourth-order valence-electron chi connectivity index (χ4n) is 3.84. The summed E-state index contributed by atoms with van der Waals surface area (Å²) in [4.78, 5) is 55.6. The Balaban J connectivity index is 1.36. The first-order valence-corrected chi connectivity index (χ1v) is 10.7. The van der Waals surface area contributed by atoms with Crippen LogP contribution >= 0.6 is 0 Å². The van der Waals surface area contributed by atoms with Crippen LogP contribution < -0.4 is 5.32 Å². The van der Waals surface area contributed by atoms with E-state index in [2.05, 4.69) is 20.3 Å². The minimum Gasteiger partial charge on any atom is -0.465 e. The molecule has 2 aromatic carbocycles. The summed E-state index contributed by atoms with van der Waals surface area (Å²) < 4.78 is 6.57. The van der Waals surface area contributed by atoms with Crippen LogP contribution in [0.1, 0.15) is 36.8 Å². The van der Waals surface area contributed by atoms with Crippen molar-refractivity contribution in [1.82, 2.24) is 24.6 Å². The number of carbonyl (C=O) groups is 3. The van der Waals surface area contributed by atoms with Gasteiger partial charge >= 0.3 is 5.97 Å². The smallest absolute Gasteiger partial charge is 0.341 e. The number of imide groups is 1. The molecule has 1 aliphatic heterocycles. The van der Waals surface area contributed by atoms with Crippen LogP contribution in [0.5, 0.6) is 0 Å². The molecule has 35 heavy (non-hydrogen) atoms. The van der Waals surface area contributed by atoms with Crippen LogP contribution in [0.2, 0.25) is 0 Å². The zero-order valence-electron chi connectivity index (χ0n) is 18.9. The van der Waals surface area contributed by atoms with Gasteiger partial charge in [0.15, 0.2) is 0 Å². The molecule has 0 spiro atoms. The van der Waals surface area contributed by atoms with E-state index in [0.717, 1.165) is 16.1 Å². The summed E-state index contributed by atoms with van der Waals surface area (Å²) in [7, 11) is 1.29. The van der Waals surface area contributed by atoms with Gasteiger partial charge in [-0.1, -0.05) is 24.3 Å². The van der Waals surface area contributed by atoms with Crippen LogP contribution in [0.4, 0.5) is 11.9 Å². The molecule has 11 nitrogen and oxygen atoms in total. The predicted molar refractivity (Wildman–Crippen MR) is 124 cm³/mol. The molecule has 0 radical (unpaired) electrons. The maximum absolute atomic E-state index is 12.5. The van der Waals surface area contributed by atoms with E-state index in [1.165, 1.54) is 13.3 Å². The summed E-state index contributed by atoms with van der Waals surface area (Å²) in [6.45, 7) is 1.98. The molecule has 0 bridgehead atoms. The Labute approximate surface area is 199 Å². The van der Waals surface area contributed by atoms with Crippen LogP contribution in [0, 0.1) is 6.92 Å². The average molecular weight is 472 g/mol. The molecule has 11 heteroatoms. The molecule has 0 atom stereocenters. The van der Waals surface area contributed by atoms with Crippen molar-refractivity contribution >= 4 is 40.7 Å². The number of aryl methyl sites for hydroxylation is 1. The van der Waals surface area contributed by atoms with E-state index in [1.807, 2.05) is 28.8 Å². The van der Waals surface area contributed by atoms with Gasteiger partial charge < -0.3 is 9.30 Å². The highest BCUT2D eigenvalue weighted by molar-refractivity contribution is 6.20. The Morgan fingerprint density at radius 2 is 1.69 bits per heavy atom. The number of aromatic nitrogens is 4. The summed E-state index contributed by atoms with van der Waals surface area (Å²) >= 11 is 0. The molecule has 0 saturated carbocycles. The van der Waals surface area contributed by atoms with Gasteiger partial charge in [-0.3, -0.25) is 19.7 Å². The summed E-state index contributed by atoms with van der Waals surface area (Å²) in [6.07, 6.45) is 1.38. The number of fused-ring (bicyclic) bond motifs is 2. The average Bonchev–Trinajstić information content (AvgIpc) is 3.33. The largest absolute Gasteiger partial charge is 0.465 e. The number of nitrogens with zero attached hydrogens (tertiary/aromatic N) is 5. The third kappa shape index (κ3) is 3.97. The van der Waals surface area contributed by atoms with Crippen LogP contribution in [0.15, 0.2) is 54.7 Å². The molecule has 0 fully saturated rings. The zero-order chi connectivity index (χ0) is 24.5. The number of hydroxylamine groups is 2. The minimum atomic E-state index is -0.522. The lowest BCUT2D eigenvalue weighted by Gasteiger charge is -2.15. The summed E-state index contributed by atoms with van der Waals surface area (Å²) in [5, 5.41) is 3.86. The Morgan fingerprint density at radius 3 is 2.37 bits per heavy atom.